The van der Waals surface area contributed by atoms with E-state index in [2.05, 4.69) is 10.6 Å². The molecule has 218 valence electrons. The van der Waals surface area contributed by atoms with Crippen LogP contribution in [0.1, 0.15) is 22.3 Å². The Hall–Kier alpha value is -4.28. The van der Waals surface area contributed by atoms with Crippen LogP contribution in [0.3, 0.4) is 0 Å². The van der Waals surface area contributed by atoms with Gasteiger partial charge < -0.3 is 25.0 Å². The van der Waals surface area contributed by atoms with Crippen LogP contribution in [0.5, 0.6) is 23.0 Å². The molecular formula is C31H30ClN3O7. The normalized spacial score (nSPS) is 24.2. The fourth-order valence-electron chi connectivity index (χ4n) is 6.68. The number of fused-ring (bicyclic) bond motifs is 4. The smallest absolute Gasteiger partial charge is 0.250 e. The molecule has 3 aliphatic rings. The predicted molar refractivity (Wildman–Crippen MR) is 154 cm³/mol. The summed E-state index contributed by atoms with van der Waals surface area (Å²) in [7, 11) is 3.08. The summed E-state index contributed by atoms with van der Waals surface area (Å²) in [6.45, 7) is 1.97. The Kier molecular flexibility index (Phi) is 6.78. The fraction of sp³-hybridized carbons (Fsp3) is 0.323. The number of amides is 3. The maximum Gasteiger partial charge on any atom is 0.250 e. The van der Waals surface area contributed by atoms with Crippen molar-refractivity contribution in [1.82, 2.24) is 10.2 Å². The quantitative estimate of drug-likeness (QED) is 0.243. The number of imide groups is 1. The average Bonchev–Trinajstić information content (AvgIpc) is 3.54. The molecule has 10 nitrogen and oxygen atoms in total. The Labute approximate surface area is 247 Å². The van der Waals surface area contributed by atoms with Gasteiger partial charge in [-0.15, -0.1) is 0 Å². The van der Waals surface area contributed by atoms with Crippen molar-refractivity contribution in [3.63, 3.8) is 0 Å². The van der Waals surface area contributed by atoms with Gasteiger partial charge in [0.05, 0.1) is 36.8 Å². The number of methoxy groups -OCH3 is 2. The molecule has 1 spiro atoms. The molecule has 11 heteroatoms. The van der Waals surface area contributed by atoms with Gasteiger partial charge in [-0.05, 0) is 66.8 Å². The summed E-state index contributed by atoms with van der Waals surface area (Å²) in [6.07, 6.45) is 0.601. The number of likely N-dealkylation sites (tertiary alicyclic amines) is 1. The maximum absolute atomic E-state index is 14.2. The lowest BCUT2D eigenvalue weighted by molar-refractivity contribution is -0.142. The number of phenolic OH excluding ortho intramolecular Hbond substituents is 2. The van der Waals surface area contributed by atoms with Crippen LogP contribution in [-0.4, -0.2) is 59.6 Å². The standard InChI is InChI=1S/C31H30ClN3O7/c1-15-10-18-27(19(32)11-15)33-30(40)31(18)26-25(20(34-31)12-17-4-6-21(36)22(37)13-17)28(38)35(29(26)39)9-8-16-5-7-23(41-2)24(14-16)42-3/h4-7,10-11,13-14,20,25-26,34,36-37H,8-9,12H2,1-3H3,(H,33,40)/t20-,25+,26+,31-/m0/s1. The molecule has 0 saturated carbocycles. The Balaban J connectivity index is 1.38. The van der Waals surface area contributed by atoms with Gasteiger partial charge in [-0.25, -0.2) is 0 Å². The first-order valence-electron chi connectivity index (χ1n) is 13.6. The number of carbonyl (C=O) groups excluding carboxylic acids is 3. The van der Waals surface area contributed by atoms with Gasteiger partial charge in [-0.2, -0.15) is 0 Å². The van der Waals surface area contributed by atoms with Crippen molar-refractivity contribution in [3.8, 4) is 23.0 Å². The number of ether oxygens (including phenoxy) is 2. The van der Waals surface area contributed by atoms with Crippen LogP contribution < -0.4 is 20.1 Å². The first kappa shape index (κ1) is 27.9. The minimum Gasteiger partial charge on any atom is -0.504 e. The number of anilines is 1. The Morgan fingerprint density at radius 3 is 2.38 bits per heavy atom. The van der Waals surface area contributed by atoms with E-state index in [1.54, 1.807) is 31.4 Å². The summed E-state index contributed by atoms with van der Waals surface area (Å²) >= 11 is 6.53. The lowest BCUT2D eigenvalue weighted by Crippen LogP contribution is -2.53. The van der Waals surface area contributed by atoms with Gasteiger partial charge in [-0.1, -0.05) is 29.8 Å². The van der Waals surface area contributed by atoms with Crippen molar-refractivity contribution in [2.75, 3.05) is 26.1 Å². The highest BCUT2D eigenvalue weighted by Crippen LogP contribution is 2.55. The number of aryl methyl sites for hydroxylation is 1. The maximum atomic E-state index is 14.2. The molecule has 3 aromatic carbocycles. The molecule has 3 heterocycles. The van der Waals surface area contributed by atoms with Gasteiger partial charge in [-0.3, -0.25) is 24.6 Å². The minimum atomic E-state index is -1.51. The van der Waals surface area contributed by atoms with Crippen molar-refractivity contribution in [2.24, 2.45) is 11.8 Å². The van der Waals surface area contributed by atoms with Gasteiger partial charge in [0.2, 0.25) is 17.7 Å². The number of halogens is 1. The van der Waals surface area contributed by atoms with Gasteiger partial charge in [0.1, 0.15) is 5.54 Å². The summed E-state index contributed by atoms with van der Waals surface area (Å²) in [5.74, 6) is -2.57. The molecule has 4 atom stereocenters. The number of nitrogens with zero attached hydrogens (tertiary/aromatic N) is 1. The summed E-state index contributed by atoms with van der Waals surface area (Å²) in [6, 6.07) is 12.8. The molecule has 2 saturated heterocycles. The molecule has 0 radical (unpaired) electrons. The summed E-state index contributed by atoms with van der Waals surface area (Å²) < 4.78 is 10.7. The topological polar surface area (TPSA) is 137 Å². The minimum absolute atomic E-state index is 0.117. The lowest BCUT2D eigenvalue weighted by Gasteiger charge is -2.30. The monoisotopic (exact) mass is 591 g/mol. The third-order valence-electron chi connectivity index (χ3n) is 8.58. The van der Waals surface area contributed by atoms with Crippen LogP contribution in [0.25, 0.3) is 0 Å². The number of nitrogens with one attached hydrogen (secondary N) is 2. The number of hydrogen-bond acceptors (Lipinski definition) is 8. The third-order valence-corrected chi connectivity index (χ3v) is 8.88. The Morgan fingerprint density at radius 1 is 0.929 bits per heavy atom. The van der Waals surface area contributed by atoms with Crippen molar-refractivity contribution in [2.45, 2.75) is 31.3 Å². The van der Waals surface area contributed by atoms with Gasteiger partial charge in [0.15, 0.2) is 23.0 Å². The van der Waals surface area contributed by atoms with E-state index in [9.17, 15) is 24.6 Å². The van der Waals surface area contributed by atoms with Gasteiger partial charge in [0, 0.05) is 18.2 Å². The summed E-state index contributed by atoms with van der Waals surface area (Å²) in [5, 5.41) is 26.5. The molecule has 3 aliphatic heterocycles. The second kappa shape index (κ2) is 10.2. The van der Waals surface area contributed by atoms with Crippen LogP contribution in [0.2, 0.25) is 5.02 Å². The first-order valence-corrected chi connectivity index (χ1v) is 13.9. The Morgan fingerprint density at radius 2 is 1.67 bits per heavy atom. The number of carbonyl (C=O) groups is 3. The molecule has 0 unspecified atom stereocenters. The zero-order valence-electron chi connectivity index (χ0n) is 23.2. The Bertz CT molecular complexity index is 1640. The first-order chi connectivity index (χ1) is 20.1. The van der Waals surface area contributed by atoms with E-state index in [0.29, 0.717) is 39.8 Å². The van der Waals surface area contributed by atoms with Gasteiger partial charge in [0.25, 0.3) is 0 Å². The SMILES string of the molecule is COc1ccc(CCN2C(=O)[C@@H]3[C@H](Cc4ccc(O)c(O)c4)N[C@]4(C(=O)Nc5c(Cl)cc(C)cc54)[C@H]3C2=O)cc1OC. The second-order valence-electron chi connectivity index (χ2n) is 11.0. The molecule has 2 fully saturated rings. The number of rotatable bonds is 7. The lowest BCUT2D eigenvalue weighted by atomic mass is 9.76. The highest BCUT2D eigenvalue weighted by molar-refractivity contribution is 6.35. The highest BCUT2D eigenvalue weighted by atomic mass is 35.5. The van der Waals surface area contributed by atoms with E-state index in [1.807, 2.05) is 19.1 Å². The van der Waals surface area contributed by atoms with Crippen LogP contribution in [0.4, 0.5) is 5.69 Å². The van der Waals surface area contributed by atoms with E-state index in [0.717, 1.165) is 11.1 Å². The van der Waals surface area contributed by atoms with Crippen molar-refractivity contribution < 1.29 is 34.1 Å². The molecular weight excluding hydrogens is 562 g/mol. The molecule has 4 N–H and O–H groups in total. The molecule has 6 rings (SSSR count). The van der Waals surface area contributed by atoms with E-state index in [-0.39, 0.29) is 30.4 Å². The predicted octanol–water partition coefficient (Wildman–Crippen LogP) is 3.28. The largest absolute Gasteiger partial charge is 0.504 e. The van der Waals surface area contributed by atoms with Crippen LogP contribution in [0, 0.1) is 18.8 Å². The molecule has 3 amide bonds. The van der Waals surface area contributed by atoms with Gasteiger partial charge >= 0.3 is 0 Å². The highest BCUT2D eigenvalue weighted by Gasteiger charge is 2.70. The zero-order chi connectivity index (χ0) is 29.9. The average molecular weight is 592 g/mol. The van der Waals surface area contributed by atoms with E-state index >= 15 is 0 Å². The second-order valence-corrected chi connectivity index (χ2v) is 11.4. The van der Waals surface area contributed by atoms with Crippen molar-refractivity contribution in [3.05, 3.63) is 75.8 Å². The van der Waals surface area contributed by atoms with Crippen LogP contribution >= 0.6 is 11.6 Å². The molecule has 0 aliphatic carbocycles. The van der Waals surface area contributed by atoms with E-state index in [4.69, 9.17) is 21.1 Å². The zero-order valence-corrected chi connectivity index (χ0v) is 24.0. The molecule has 0 aromatic heterocycles. The molecule has 3 aromatic rings. The van der Waals surface area contributed by atoms with E-state index in [1.165, 1.54) is 24.1 Å². The number of aromatic hydroxyl groups is 2. The molecule has 42 heavy (non-hydrogen) atoms. The van der Waals surface area contributed by atoms with Crippen molar-refractivity contribution >= 4 is 35.0 Å². The van der Waals surface area contributed by atoms with E-state index < -0.39 is 35.2 Å². The van der Waals surface area contributed by atoms with Crippen LogP contribution in [0.15, 0.2) is 48.5 Å². The number of phenols is 2. The number of hydrogen-bond donors (Lipinski definition) is 4. The summed E-state index contributed by atoms with van der Waals surface area (Å²) in [4.78, 5) is 43.3. The third kappa shape index (κ3) is 4.16. The number of benzene rings is 3. The van der Waals surface area contributed by atoms with Crippen LogP contribution in [-0.2, 0) is 32.8 Å². The fourth-order valence-corrected chi connectivity index (χ4v) is 7.00. The summed E-state index contributed by atoms with van der Waals surface area (Å²) in [5.41, 5.74) is 1.73. The molecule has 0 bridgehead atoms. The van der Waals surface area contributed by atoms with Crippen molar-refractivity contribution in [1.29, 1.82) is 0 Å².